The standard InChI is InChI=1S/C52H97N17O12/c1-7-10-11-12-13-14-15-35-46(76)62-34(9-3)45(75)67-39(19-25-56)50(80)69-52(30-70,21-26-57)29-61-41(32(5)71)51(81)59-27-20-40(49(79)66-38(18-24-55)48(78)65-35)68-47(77)37(17-23-54)64-43(73)33(8-2)28-60-44(74)36(16-22-53)63-42(72)31(4)58-6/h28,30-41,58,61,71H,7-27,29,53-57H2,1-6H3,(H,59,81)(H,62,76)(H,63,72)(H,64,73)(H,65,78)(H,66,79)(H,67,75)(H,68,77)(H,69,80)/t31-,32+,33?,34-,35+,36-,37-,38-,39-,40-,41-,52-/m0/s1. The summed E-state index contributed by atoms with van der Waals surface area (Å²) >= 11 is 0. The molecule has 0 radical (unpaired) electrons. The van der Waals surface area contributed by atoms with Crippen LogP contribution in [0.3, 0.4) is 0 Å². The maximum Gasteiger partial charge on any atom is 0.267 e. The van der Waals surface area contributed by atoms with Gasteiger partial charge in [-0.3, -0.25) is 47.9 Å². The largest absolute Gasteiger partial charge is 0.391 e. The molecule has 0 aliphatic carbocycles. The number of hydrogen-bond donors (Lipinski definition) is 17. The van der Waals surface area contributed by atoms with Crippen LogP contribution in [-0.2, 0) is 52.7 Å². The lowest BCUT2D eigenvalue weighted by atomic mass is 9.94. The zero-order valence-corrected chi connectivity index (χ0v) is 48.3. The number of carbonyl (C=O) groups is 11. The van der Waals surface area contributed by atoms with E-state index in [0.29, 0.717) is 19.1 Å². The quantitative estimate of drug-likeness (QED) is 0.0181. The van der Waals surface area contributed by atoms with Crippen LogP contribution >= 0.6 is 0 Å². The smallest absolute Gasteiger partial charge is 0.267 e. The fourth-order valence-electron chi connectivity index (χ4n) is 8.57. The number of unbranched alkanes of at least 4 members (excludes halogenated alkanes) is 5. The zero-order chi connectivity index (χ0) is 61.1. The van der Waals surface area contributed by atoms with Gasteiger partial charge in [-0.1, -0.05) is 59.3 Å². The third kappa shape index (κ3) is 26.1. The molecule has 0 saturated carbocycles. The van der Waals surface area contributed by atoms with Gasteiger partial charge in [0.25, 0.3) is 5.91 Å². The Morgan fingerprint density at radius 2 is 1.22 bits per heavy atom. The maximum absolute atomic E-state index is 14.5. The van der Waals surface area contributed by atoms with Crippen molar-refractivity contribution in [1.82, 2.24) is 58.5 Å². The van der Waals surface area contributed by atoms with Crippen molar-refractivity contribution in [2.24, 2.45) is 39.6 Å². The minimum absolute atomic E-state index is 0.0305. The maximum atomic E-state index is 14.5. The Morgan fingerprint density at radius 1 is 0.679 bits per heavy atom. The third-order valence-electron chi connectivity index (χ3n) is 13.8. The van der Waals surface area contributed by atoms with Crippen molar-refractivity contribution in [3.8, 4) is 0 Å². The van der Waals surface area contributed by atoms with Gasteiger partial charge in [-0.2, -0.15) is 0 Å². The summed E-state index contributed by atoms with van der Waals surface area (Å²) in [6.07, 6.45) is 4.41. The highest BCUT2D eigenvalue weighted by atomic mass is 16.3. The topological polar surface area (TPSA) is 483 Å². The summed E-state index contributed by atoms with van der Waals surface area (Å²) < 4.78 is 0. The second-order valence-electron chi connectivity index (χ2n) is 20.3. The van der Waals surface area contributed by atoms with Crippen LogP contribution in [0.5, 0.6) is 0 Å². The number of nitrogens with zero attached hydrogens (tertiary/aromatic N) is 1. The van der Waals surface area contributed by atoms with Crippen LogP contribution in [0.4, 0.5) is 0 Å². The summed E-state index contributed by atoms with van der Waals surface area (Å²) in [7, 11) is 1.57. The van der Waals surface area contributed by atoms with Gasteiger partial charge in [0.1, 0.15) is 60.2 Å². The molecule has 29 heteroatoms. The number of amides is 10. The first kappa shape index (κ1) is 72.9. The van der Waals surface area contributed by atoms with Gasteiger partial charge in [-0.15, -0.1) is 0 Å². The molecule has 0 bridgehead atoms. The Bertz CT molecular complexity index is 2050. The van der Waals surface area contributed by atoms with E-state index in [9.17, 15) is 57.8 Å². The molecule has 0 spiro atoms. The molecule has 0 aromatic heterocycles. The molecule has 10 amide bonds. The predicted molar refractivity (Wildman–Crippen MR) is 304 cm³/mol. The van der Waals surface area contributed by atoms with E-state index in [2.05, 4.69) is 70.4 Å². The molecule has 1 aliphatic heterocycles. The first-order chi connectivity index (χ1) is 38.6. The van der Waals surface area contributed by atoms with Crippen LogP contribution in [0.25, 0.3) is 0 Å². The molecule has 0 aromatic rings. The zero-order valence-electron chi connectivity index (χ0n) is 48.3. The number of aliphatic imine (C=N–C) groups is 1. The molecule has 462 valence electrons. The lowest BCUT2D eigenvalue weighted by Gasteiger charge is -2.33. The molecule has 1 saturated heterocycles. The van der Waals surface area contributed by atoms with Crippen molar-refractivity contribution in [1.29, 1.82) is 0 Å². The molecular weight excluding hydrogens is 1050 g/mol. The van der Waals surface area contributed by atoms with E-state index >= 15 is 0 Å². The summed E-state index contributed by atoms with van der Waals surface area (Å²) in [5.41, 5.74) is 27.5. The van der Waals surface area contributed by atoms with Crippen LogP contribution < -0.4 is 87.2 Å². The van der Waals surface area contributed by atoms with E-state index in [0.717, 1.165) is 31.9 Å². The lowest BCUT2D eigenvalue weighted by Crippen LogP contribution is -2.64. The summed E-state index contributed by atoms with van der Waals surface area (Å²) in [6.45, 7) is 6.89. The SMILES string of the molecule is CCCCCCCC[C@H]1NC(=O)[C@H](CCN)NC(=O)[C@@H](NC(=O)[C@H](CCN)NC(=O)C(C=NC(=O)[C@H](CCN)NC(=O)[C@H](C)NC)CC)CCNC(=O)[C@H]([C@@H](C)O)NC[C@](C=O)(CCN)NC(=O)[C@H](CCN)NC(=O)[C@H](CC)NC1=O. The molecule has 1 unspecified atom stereocenters. The van der Waals surface area contributed by atoms with Gasteiger partial charge in [0.15, 0.2) is 0 Å². The Morgan fingerprint density at radius 3 is 1.77 bits per heavy atom. The molecule has 1 aliphatic rings. The summed E-state index contributed by atoms with van der Waals surface area (Å²) in [4.78, 5) is 155. The molecule has 0 aromatic carbocycles. The van der Waals surface area contributed by atoms with Gasteiger partial charge in [0.05, 0.1) is 18.1 Å². The molecule has 1 fully saturated rings. The number of carbonyl (C=O) groups excluding carboxylic acids is 11. The molecule has 81 heavy (non-hydrogen) atoms. The van der Waals surface area contributed by atoms with Gasteiger partial charge in [0.2, 0.25) is 53.2 Å². The van der Waals surface area contributed by atoms with Gasteiger partial charge < -0.3 is 97.1 Å². The van der Waals surface area contributed by atoms with Crippen LogP contribution in [0.1, 0.15) is 131 Å². The molecule has 1 heterocycles. The Balaban J connectivity index is 3.88. The average Bonchev–Trinajstić information content (AvgIpc) is 3.45. The van der Waals surface area contributed by atoms with Gasteiger partial charge >= 0.3 is 0 Å². The fourth-order valence-corrected chi connectivity index (χ4v) is 8.57. The van der Waals surface area contributed by atoms with Crippen molar-refractivity contribution in [3.05, 3.63) is 0 Å². The minimum atomic E-state index is -1.80. The summed E-state index contributed by atoms with van der Waals surface area (Å²) in [5.74, 6) is -8.98. The fraction of sp³-hybridized carbons (Fsp3) is 0.769. The Labute approximate surface area is 476 Å². The van der Waals surface area contributed by atoms with Crippen LogP contribution in [-0.4, -0.2) is 196 Å². The van der Waals surface area contributed by atoms with E-state index in [1.165, 1.54) is 6.92 Å². The van der Waals surface area contributed by atoms with E-state index in [1.54, 1.807) is 27.8 Å². The van der Waals surface area contributed by atoms with Crippen molar-refractivity contribution in [2.45, 2.75) is 197 Å². The molecule has 22 N–H and O–H groups in total. The summed E-state index contributed by atoms with van der Waals surface area (Å²) in [5, 5.41) is 40.0. The van der Waals surface area contributed by atoms with Gasteiger partial charge in [0, 0.05) is 19.3 Å². The average molecular weight is 1150 g/mol. The highest BCUT2D eigenvalue weighted by molar-refractivity contribution is 6.02. The second-order valence-corrected chi connectivity index (χ2v) is 20.3. The van der Waals surface area contributed by atoms with Crippen molar-refractivity contribution >= 4 is 71.6 Å². The molecular formula is C52H97N17O12. The van der Waals surface area contributed by atoms with Gasteiger partial charge in [-0.05, 0) is 111 Å². The third-order valence-corrected chi connectivity index (χ3v) is 13.8. The Kier molecular flexibility index (Phi) is 36.2. The summed E-state index contributed by atoms with van der Waals surface area (Å²) in [6, 6.07) is -11.4. The molecule has 29 nitrogen and oxygen atoms in total. The number of nitrogens with one attached hydrogen (secondary N) is 11. The van der Waals surface area contributed by atoms with Crippen LogP contribution in [0, 0.1) is 5.92 Å². The lowest BCUT2D eigenvalue weighted by molar-refractivity contribution is -0.136. The number of likely N-dealkylation sites (N-methyl/N-ethyl adjacent to an activating group) is 1. The van der Waals surface area contributed by atoms with Gasteiger partial charge in [-0.25, -0.2) is 4.99 Å². The molecule has 12 atom stereocenters. The normalized spacial score (nSPS) is 24.1. The number of aldehydes is 1. The minimum Gasteiger partial charge on any atom is -0.391 e. The van der Waals surface area contributed by atoms with E-state index in [-0.39, 0.29) is 97.1 Å². The number of aliphatic hydroxyl groups is 1. The highest BCUT2D eigenvalue weighted by Gasteiger charge is 2.38. The monoisotopic (exact) mass is 1150 g/mol. The van der Waals surface area contributed by atoms with Crippen LogP contribution in [0.15, 0.2) is 4.99 Å². The van der Waals surface area contributed by atoms with Crippen molar-refractivity contribution < 1.29 is 57.8 Å². The molecule has 1 rings (SSSR count). The van der Waals surface area contributed by atoms with Crippen molar-refractivity contribution in [2.75, 3.05) is 52.9 Å². The number of nitrogens with two attached hydrogens (primary N) is 5. The van der Waals surface area contributed by atoms with E-state index < -0.39 is 138 Å². The first-order valence-corrected chi connectivity index (χ1v) is 28.5. The van der Waals surface area contributed by atoms with E-state index in [4.69, 9.17) is 28.7 Å². The first-order valence-electron chi connectivity index (χ1n) is 28.5. The van der Waals surface area contributed by atoms with E-state index in [1.807, 2.05) is 0 Å². The number of aliphatic hydroxyl groups excluding tert-OH is 1. The van der Waals surface area contributed by atoms with Crippen molar-refractivity contribution in [3.63, 3.8) is 0 Å². The number of hydrogen-bond acceptors (Lipinski definition) is 19. The second kappa shape index (κ2) is 40.2. The highest BCUT2D eigenvalue weighted by Crippen LogP contribution is 2.13. The Hall–Kier alpha value is -6.08. The predicted octanol–water partition coefficient (Wildman–Crippen LogP) is -5.57. The number of rotatable bonds is 30. The van der Waals surface area contributed by atoms with Crippen LogP contribution in [0.2, 0.25) is 0 Å².